The average Bonchev–Trinajstić information content (AvgIpc) is 2.37. The van der Waals surface area contributed by atoms with Crippen molar-refractivity contribution in [3.63, 3.8) is 0 Å². The summed E-state index contributed by atoms with van der Waals surface area (Å²) in [6.07, 6.45) is 1.22. The van der Waals surface area contributed by atoms with Crippen molar-refractivity contribution in [2.75, 3.05) is 45.8 Å². The molecule has 120 valence electrons. The molecule has 0 saturated carbocycles. The van der Waals surface area contributed by atoms with Gasteiger partial charge in [0.15, 0.2) is 0 Å². The zero-order chi connectivity index (χ0) is 15.2. The quantitative estimate of drug-likeness (QED) is 0.739. The highest BCUT2D eigenvalue weighted by Crippen LogP contribution is 2.23. The third-order valence-corrected chi connectivity index (χ3v) is 4.59. The summed E-state index contributed by atoms with van der Waals surface area (Å²) in [6, 6.07) is 0.580. The van der Waals surface area contributed by atoms with Crippen LogP contribution in [-0.4, -0.2) is 61.7 Å². The second-order valence-corrected chi connectivity index (χ2v) is 7.63. The number of hydrogen-bond acceptors (Lipinski definition) is 3. The molecule has 1 atom stereocenters. The van der Waals surface area contributed by atoms with Crippen LogP contribution < -0.4 is 5.32 Å². The molecule has 0 aromatic rings. The van der Waals surface area contributed by atoms with Crippen molar-refractivity contribution in [1.82, 2.24) is 15.1 Å². The summed E-state index contributed by atoms with van der Waals surface area (Å²) in [5.41, 5.74) is 0.343. The molecule has 1 saturated heterocycles. The first-order valence-corrected chi connectivity index (χ1v) is 8.53. The number of hydrogen-bond donors (Lipinski definition) is 1. The second kappa shape index (κ2) is 8.35. The fourth-order valence-electron chi connectivity index (χ4n) is 3.00. The van der Waals surface area contributed by atoms with Gasteiger partial charge in [0.1, 0.15) is 0 Å². The van der Waals surface area contributed by atoms with Gasteiger partial charge in [-0.25, -0.2) is 0 Å². The van der Waals surface area contributed by atoms with E-state index in [1.165, 1.54) is 45.7 Å². The lowest BCUT2D eigenvalue weighted by Crippen LogP contribution is -2.53. The molecule has 0 aliphatic carbocycles. The molecule has 0 aromatic carbocycles. The Morgan fingerprint density at radius 3 is 2.05 bits per heavy atom. The third kappa shape index (κ3) is 6.11. The van der Waals surface area contributed by atoms with Crippen LogP contribution >= 0.6 is 0 Å². The van der Waals surface area contributed by atoms with Crippen LogP contribution in [0.3, 0.4) is 0 Å². The molecule has 0 radical (unpaired) electrons. The van der Waals surface area contributed by atoms with E-state index in [4.69, 9.17) is 0 Å². The van der Waals surface area contributed by atoms with E-state index in [0.717, 1.165) is 12.5 Å². The second-order valence-electron chi connectivity index (χ2n) is 7.63. The zero-order valence-electron chi connectivity index (χ0n) is 14.7. The molecule has 0 amide bonds. The lowest BCUT2D eigenvalue weighted by atomic mass is 9.84. The van der Waals surface area contributed by atoms with E-state index in [1.807, 2.05) is 0 Å². The van der Waals surface area contributed by atoms with Gasteiger partial charge in [-0.05, 0) is 31.2 Å². The molecular formula is C17H37N3. The maximum absolute atomic E-state index is 3.66. The molecule has 1 aliphatic rings. The minimum Gasteiger partial charge on any atom is -0.314 e. The van der Waals surface area contributed by atoms with Gasteiger partial charge >= 0.3 is 0 Å². The number of nitrogens with zero attached hydrogens (tertiary/aromatic N) is 2. The van der Waals surface area contributed by atoms with E-state index in [2.05, 4.69) is 56.7 Å². The molecule has 0 aromatic heterocycles. The Kier molecular flexibility index (Phi) is 7.49. The third-order valence-electron chi connectivity index (χ3n) is 4.59. The summed E-state index contributed by atoms with van der Waals surface area (Å²) >= 11 is 0. The lowest BCUT2D eigenvalue weighted by Gasteiger charge is -2.41. The van der Waals surface area contributed by atoms with Crippen LogP contribution in [-0.2, 0) is 0 Å². The zero-order valence-corrected chi connectivity index (χ0v) is 14.7. The summed E-state index contributed by atoms with van der Waals surface area (Å²) in [6.45, 7) is 22.6. The van der Waals surface area contributed by atoms with Gasteiger partial charge in [-0.1, -0.05) is 34.6 Å². The highest BCUT2D eigenvalue weighted by atomic mass is 15.3. The summed E-state index contributed by atoms with van der Waals surface area (Å²) in [5.74, 6) is 0.788. The Morgan fingerprint density at radius 1 is 1.00 bits per heavy atom. The van der Waals surface area contributed by atoms with E-state index < -0.39 is 0 Å². The molecule has 0 bridgehead atoms. The van der Waals surface area contributed by atoms with Crippen molar-refractivity contribution in [1.29, 1.82) is 0 Å². The molecule has 1 fully saturated rings. The Labute approximate surface area is 127 Å². The van der Waals surface area contributed by atoms with Crippen LogP contribution in [0.2, 0.25) is 0 Å². The van der Waals surface area contributed by atoms with Crippen molar-refractivity contribution >= 4 is 0 Å². The van der Waals surface area contributed by atoms with Crippen molar-refractivity contribution < 1.29 is 0 Å². The number of rotatable bonds is 8. The van der Waals surface area contributed by atoms with Gasteiger partial charge in [-0.15, -0.1) is 0 Å². The first-order chi connectivity index (χ1) is 9.35. The molecule has 1 heterocycles. The van der Waals surface area contributed by atoms with E-state index in [0.29, 0.717) is 11.5 Å². The van der Waals surface area contributed by atoms with E-state index >= 15 is 0 Å². The van der Waals surface area contributed by atoms with Gasteiger partial charge in [-0.2, -0.15) is 0 Å². The minimum atomic E-state index is 0.343. The van der Waals surface area contributed by atoms with E-state index in [9.17, 15) is 0 Å². The van der Waals surface area contributed by atoms with Crippen molar-refractivity contribution in [2.45, 2.75) is 54.0 Å². The van der Waals surface area contributed by atoms with Crippen LogP contribution in [0.15, 0.2) is 0 Å². The minimum absolute atomic E-state index is 0.343. The van der Waals surface area contributed by atoms with Crippen molar-refractivity contribution in [2.24, 2.45) is 11.3 Å². The summed E-state index contributed by atoms with van der Waals surface area (Å²) in [7, 11) is 0. The standard InChI is InChI=1S/C17H37N3/c1-7-8-18-16(4)17(5,6)14-20-11-9-19(10-12-20)13-15(2)3/h15-16,18H,7-14H2,1-6H3. The molecule has 1 unspecified atom stereocenters. The van der Waals surface area contributed by atoms with Crippen LogP contribution in [0, 0.1) is 11.3 Å². The molecule has 1 N–H and O–H groups in total. The Bertz CT molecular complexity index is 255. The Morgan fingerprint density at radius 2 is 1.55 bits per heavy atom. The predicted octanol–water partition coefficient (Wildman–Crippen LogP) is 2.67. The molecule has 1 aliphatic heterocycles. The molecule has 3 nitrogen and oxygen atoms in total. The highest BCUT2D eigenvalue weighted by molar-refractivity contribution is 4.85. The van der Waals surface area contributed by atoms with Crippen molar-refractivity contribution in [3.8, 4) is 0 Å². The highest BCUT2D eigenvalue weighted by Gasteiger charge is 2.29. The van der Waals surface area contributed by atoms with Crippen LogP contribution in [0.1, 0.15) is 48.0 Å². The summed E-state index contributed by atoms with van der Waals surface area (Å²) < 4.78 is 0. The van der Waals surface area contributed by atoms with E-state index in [1.54, 1.807) is 0 Å². The summed E-state index contributed by atoms with van der Waals surface area (Å²) in [5, 5.41) is 3.66. The SMILES string of the molecule is CCCNC(C)C(C)(C)CN1CCN(CC(C)C)CC1. The molecule has 1 rings (SSSR count). The van der Waals surface area contributed by atoms with Gasteiger partial charge in [0.2, 0.25) is 0 Å². The molecule has 3 heteroatoms. The molecule has 20 heavy (non-hydrogen) atoms. The van der Waals surface area contributed by atoms with Crippen LogP contribution in [0.25, 0.3) is 0 Å². The number of nitrogens with one attached hydrogen (secondary N) is 1. The van der Waals surface area contributed by atoms with Gasteiger partial charge in [0.05, 0.1) is 0 Å². The maximum atomic E-state index is 3.66. The first-order valence-electron chi connectivity index (χ1n) is 8.53. The smallest absolute Gasteiger partial charge is 0.0110 e. The van der Waals surface area contributed by atoms with Gasteiger partial charge in [0.25, 0.3) is 0 Å². The Hall–Kier alpha value is -0.120. The average molecular weight is 284 g/mol. The lowest BCUT2D eigenvalue weighted by molar-refractivity contribution is 0.0781. The first kappa shape index (κ1) is 17.9. The van der Waals surface area contributed by atoms with E-state index in [-0.39, 0.29) is 0 Å². The number of piperazine rings is 1. The van der Waals surface area contributed by atoms with Gasteiger partial charge in [-0.3, -0.25) is 0 Å². The fourth-order valence-corrected chi connectivity index (χ4v) is 3.00. The van der Waals surface area contributed by atoms with Gasteiger partial charge < -0.3 is 15.1 Å². The Balaban J connectivity index is 2.34. The normalized spacial score (nSPS) is 20.6. The largest absolute Gasteiger partial charge is 0.314 e. The fraction of sp³-hybridized carbons (Fsp3) is 1.00. The predicted molar refractivity (Wildman–Crippen MR) is 89.3 cm³/mol. The van der Waals surface area contributed by atoms with Crippen molar-refractivity contribution in [3.05, 3.63) is 0 Å². The monoisotopic (exact) mass is 283 g/mol. The van der Waals surface area contributed by atoms with Crippen LogP contribution in [0.4, 0.5) is 0 Å². The maximum Gasteiger partial charge on any atom is 0.0110 e. The topological polar surface area (TPSA) is 18.5 Å². The van der Waals surface area contributed by atoms with Gasteiger partial charge in [0, 0.05) is 45.3 Å². The molecular weight excluding hydrogens is 246 g/mol. The van der Waals surface area contributed by atoms with Crippen LogP contribution in [0.5, 0.6) is 0 Å². The molecule has 0 spiro atoms. The summed E-state index contributed by atoms with van der Waals surface area (Å²) in [4.78, 5) is 5.27.